The van der Waals surface area contributed by atoms with Crippen LogP contribution in [0.25, 0.3) is 0 Å². The lowest BCUT2D eigenvalue weighted by Gasteiger charge is -2.07. The number of alkyl halides is 1. The van der Waals surface area contributed by atoms with Gasteiger partial charge >= 0.3 is 0 Å². The van der Waals surface area contributed by atoms with Gasteiger partial charge in [0.25, 0.3) is 5.91 Å². The molecule has 0 aromatic heterocycles. The molecule has 0 spiro atoms. The number of methoxy groups -OCH3 is 1. The Morgan fingerprint density at radius 1 is 1.50 bits per heavy atom. The maximum Gasteiger partial charge on any atom is 0.251 e. The van der Waals surface area contributed by atoms with Gasteiger partial charge in [0.05, 0.1) is 11.6 Å². The quantitative estimate of drug-likeness (QED) is 0.655. The summed E-state index contributed by atoms with van der Waals surface area (Å²) >= 11 is 6.66. The molecule has 0 saturated heterocycles. The SMILES string of the molecule is COc1ccc(C(=O)NCCCBr)cc1Br. The molecule has 16 heavy (non-hydrogen) atoms. The molecule has 1 aromatic carbocycles. The van der Waals surface area contributed by atoms with Crippen LogP contribution in [0.1, 0.15) is 16.8 Å². The minimum absolute atomic E-state index is 0.0655. The molecular formula is C11H13Br2NO2. The number of benzene rings is 1. The molecule has 0 heterocycles. The lowest BCUT2D eigenvalue weighted by Crippen LogP contribution is -2.24. The Hall–Kier alpha value is -0.550. The van der Waals surface area contributed by atoms with Gasteiger partial charge in [-0.25, -0.2) is 0 Å². The van der Waals surface area contributed by atoms with E-state index in [0.29, 0.717) is 12.1 Å². The zero-order chi connectivity index (χ0) is 12.0. The van der Waals surface area contributed by atoms with Crippen LogP contribution >= 0.6 is 31.9 Å². The number of carbonyl (C=O) groups is 1. The second kappa shape index (κ2) is 6.91. The lowest BCUT2D eigenvalue weighted by atomic mass is 10.2. The summed E-state index contributed by atoms with van der Waals surface area (Å²) in [5.41, 5.74) is 0.627. The van der Waals surface area contributed by atoms with Gasteiger partial charge in [0, 0.05) is 17.4 Å². The largest absolute Gasteiger partial charge is 0.496 e. The molecule has 0 aliphatic heterocycles. The highest BCUT2D eigenvalue weighted by atomic mass is 79.9. The fraction of sp³-hybridized carbons (Fsp3) is 0.364. The third kappa shape index (κ3) is 3.79. The standard InChI is InChI=1S/C11H13Br2NO2/c1-16-10-4-3-8(7-9(10)13)11(15)14-6-2-5-12/h3-4,7H,2,5-6H2,1H3,(H,14,15). The van der Waals surface area contributed by atoms with Gasteiger partial charge in [-0.3, -0.25) is 4.79 Å². The van der Waals surface area contributed by atoms with Crippen LogP contribution < -0.4 is 10.1 Å². The van der Waals surface area contributed by atoms with Crippen LogP contribution in [0, 0.1) is 0 Å². The first kappa shape index (κ1) is 13.5. The second-order valence-corrected chi connectivity index (χ2v) is 4.80. The predicted octanol–water partition coefficient (Wildman–Crippen LogP) is 2.97. The van der Waals surface area contributed by atoms with Gasteiger partial charge in [0.15, 0.2) is 0 Å². The fourth-order valence-electron chi connectivity index (χ4n) is 1.18. The Balaban J connectivity index is 2.66. The maximum atomic E-state index is 11.7. The molecule has 0 radical (unpaired) electrons. The third-order valence-corrected chi connectivity index (χ3v) is 3.19. The molecule has 3 nitrogen and oxygen atoms in total. The molecule has 0 bridgehead atoms. The summed E-state index contributed by atoms with van der Waals surface area (Å²) in [5.74, 6) is 0.654. The molecule has 0 atom stereocenters. The minimum atomic E-state index is -0.0655. The van der Waals surface area contributed by atoms with Crippen LogP contribution in [-0.4, -0.2) is 24.9 Å². The van der Waals surface area contributed by atoms with Gasteiger partial charge in [-0.1, -0.05) is 15.9 Å². The highest BCUT2D eigenvalue weighted by Gasteiger charge is 2.07. The molecule has 1 amide bonds. The summed E-state index contributed by atoms with van der Waals surface area (Å²) < 4.78 is 5.87. The van der Waals surface area contributed by atoms with Crippen LogP contribution in [0.3, 0.4) is 0 Å². The Morgan fingerprint density at radius 2 is 2.25 bits per heavy atom. The normalized spacial score (nSPS) is 9.94. The van der Waals surface area contributed by atoms with E-state index in [4.69, 9.17) is 4.74 Å². The van der Waals surface area contributed by atoms with Gasteiger partial charge in [-0.2, -0.15) is 0 Å². The van der Waals surface area contributed by atoms with Crippen molar-refractivity contribution >= 4 is 37.8 Å². The number of ether oxygens (including phenoxy) is 1. The van der Waals surface area contributed by atoms with Crippen LogP contribution in [-0.2, 0) is 0 Å². The summed E-state index contributed by atoms with van der Waals surface area (Å²) in [6.07, 6.45) is 0.920. The van der Waals surface area contributed by atoms with Crippen molar-refractivity contribution in [3.8, 4) is 5.75 Å². The zero-order valence-electron chi connectivity index (χ0n) is 8.93. The van der Waals surface area contributed by atoms with Crippen molar-refractivity contribution in [2.45, 2.75) is 6.42 Å². The summed E-state index contributed by atoms with van der Waals surface area (Å²) in [6.45, 7) is 0.674. The van der Waals surface area contributed by atoms with Gasteiger partial charge in [0.1, 0.15) is 5.75 Å². The first-order chi connectivity index (χ1) is 7.69. The monoisotopic (exact) mass is 349 g/mol. The number of amides is 1. The van der Waals surface area contributed by atoms with Crippen LogP contribution in [0.4, 0.5) is 0 Å². The van der Waals surface area contributed by atoms with Gasteiger partial charge in [-0.05, 0) is 40.5 Å². The number of halogens is 2. The minimum Gasteiger partial charge on any atom is -0.496 e. The van der Waals surface area contributed by atoms with E-state index < -0.39 is 0 Å². The Bertz CT molecular complexity index is 369. The molecule has 1 rings (SSSR count). The molecular weight excluding hydrogens is 338 g/mol. The zero-order valence-corrected chi connectivity index (χ0v) is 12.1. The number of rotatable bonds is 5. The molecule has 0 saturated carbocycles. The smallest absolute Gasteiger partial charge is 0.251 e. The number of hydrogen-bond donors (Lipinski definition) is 1. The first-order valence-electron chi connectivity index (χ1n) is 4.86. The van der Waals surface area contributed by atoms with Crippen LogP contribution in [0.15, 0.2) is 22.7 Å². The summed E-state index contributed by atoms with van der Waals surface area (Å²) in [6, 6.07) is 5.26. The van der Waals surface area contributed by atoms with E-state index >= 15 is 0 Å². The van der Waals surface area contributed by atoms with E-state index in [1.165, 1.54) is 0 Å². The topological polar surface area (TPSA) is 38.3 Å². The third-order valence-electron chi connectivity index (χ3n) is 2.01. The first-order valence-corrected chi connectivity index (χ1v) is 6.78. The van der Waals surface area contributed by atoms with E-state index in [1.807, 2.05) is 0 Å². The molecule has 0 fully saturated rings. The van der Waals surface area contributed by atoms with Gasteiger partial charge < -0.3 is 10.1 Å². The van der Waals surface area contributed by atoms with Crippen LogP contribution in [0.2, 0.25) is 0 Å². The van der Waals surface area contributed by atoms with Crippen molar-refractivity contribution in [2.75, 3.05) is 19.0 Å². The van der Waals surface area contributed by atoms with Crippen molar-refractivity contribution in [2.24, 2.45) is 0 Å². The average molecular weight is 351 g/mol. The summed E-state index contributed by atoms with van der Waals surface area (Å²) in [7, 11) is 1.59. The van der Waals surface area contributed by atoms with Crippen molar-refractivity contribution in [1.82, 2.24) is 5.32 Å². The van der Waals surface area contributed by atoms with Crippen molar-refractivity contribution in [3.63, 3.8) is 0 Å². The second-order valence-electron chi connectivity index (χ2n) is 3.15. The number of carbonyl (C=O) groups excluding carboxylic acids is 1. The molecule has 5 heteroatoms. The summed E-state index contributed by atoms with van der Waals surface area (Å²) in [5, 5.41) is 3.72. The Labute approximate surface area is 112 Å². The maximum absolute atomic E-state index is 11.7. The van der Waals surface area contributed by atoms with Crippen molar-refractivity contribution in [3.05, 3.63) is 28.2 Å². The van der Waals surface area contributed by atoms with E-state index in [0.717, 1.165) is 22.0 Å². The van der Waals surface area contributed by atoms with E-state index in [-0.39, 0.29) is 5.91 Å². The lowest BCUT2D eigenvalue weighted by molar-refractivity contribution is 0.0953. The fourth-order valence-corrected chi connectivity index (χ4v) is 2.00. The number of nitrogens with one attached hydrogen (secondary N) is 1. The Morgan fingerprint density at radius 3 is 2.81 bits per heavy atom. The highest BCUT2D eigenvalue weighted by molar-refractivity contribution is 9.10. The van der Waals surface area contributed by atoms with Crippen LogP contribution in [0.5, 0.6) is 5.75 Å². The molecule has 1 aromatic rings. The molecule has 0 unspecified atom stereocenters. The number of hydrogen-bond acceptors (Lipinski definition) is 2. The van der Waals surface area contributed by atoms with Crippen molar-refractivity contribution in [1.29, 1.82) is 0 Å². The highest BCUT2D eigenvalue weighted by Crippen LogP contribution is 2.25. The summed E-state index contributed by atoms with van der Waals surface area (Å²) in [4.78, 5) is 11.7. The van der Waals surface area contributed by atoms with E-state index in [1.54, 1.807) is 25.3 Å². The molecule has 0 aliphatic carbocycles. The molecule has 0 aliphatic rings. The molecule has 88 valence electrons. The van der Waals surface area contributed by atoms with Gasteiger partial charge in [-0.15, -0.1) is 0 Å². The average Bonchev–Trinajstić information content (AvgIpc) is 2.29. The molecule has 1 N–H and O–H groups in total. The van der Waals surface area contributed by atoms with E-state index in [2.05, 4.69) is 37.2 Å². The van der Waals surface area contributed by atoms with E-state index in [9.17, 15) is 4.79 Å². The predicted molar refractivity (Wildman–Crippen MR) is 71.4 cm³/mol. The van der Waals surface area contributed by atoms with Gasteiger partial charge in [0.2, 0.25) is 0 Å². The van der Waals surface area contributed by atoms with Crippen molar-refractivity contribution < 1.29 is 9.53 Å². The Kier molecular flexibility index (Phi) is 5.84.